The minimum Gasteiger partial charge on any atom is -0.379 e. The van der Waals surface area contributed by atoms with Crippen molar-refractivity contribution in [2.45, 2.75) is 32.3 Å². The maximum absolute atomic E-state index is 5.75. The van der Waals surface area contributed by atoms with Gasteiger partial charge in [0.25, 0.3) is 0 Å². The van der Waals surface area contributed by atoms with Crippen LogP contribution in [-0.2, 0) is 9.47 Å². The molecule has 2 aliphatic rings. The van der Waals surface area contributed by atoms with Crippen LogP contribution in [0, 0.1) is 5.92 Å². The molecule has 0 aromatic rings. The third-order valence-corrected chi connectivity index (χ3v) is 4.45. The van der Waals surface area contributed by atoms with E-state index >= 15 is 0 Å². The summed E-state index contributed by atoms with van der Waals surface area (Å²) in [5.41, 5.74) is 0. The lowest BCUT2D eigenvalue weighted by molar-refractivity contribution is 0.0420. The molecule has 0 amide bonds. The van der Waals surface area contributed by atoms with Crippen molar-refractivity contribution in [3.8, 4) is 0 Å². The molecule has 2 fully saturated rings. The highest BCUT2D eigenvalue weighted by Crippen LogP contribution is 2.14. The maximum atomic E-state index is 5.75. The predicted octanol–water partition coefficient (Wildman–Crippen LogP) is 0.689. The van der Waals surface area contributed by atoms with Crippen LogP contribution in [0.3, 0.4) is 0 Å². The van der Waals surface area contributed by atoms with E-state index in [1.165, 1.54) is 19.5 Å². The Morgan fingerprint density at radius 3 is 2.95 bits per heavy atom. The summed E-state index contributed by atoms with van der Waals surface area (Å²) in [5.74, 6) is 1.64. The van der Waals surface area contributed by atoms with Crippen LogP contribution in [0.2, 0.25) is 0 Å². The monoisotopic (exact) mass is 312 g/mol. The molecule has 2 heterocycles. The first-order chi connectivity index (χ1) is 10.8. The van der Waals surface area contributed by atoms with E-state index in [0.29, 0.717) is 6.10 Å². The molecule has 2 atom stereocenters. The van der Waals surface area contributed by atoms with Crippen LogP contribution in [0.15, 0.2) is 4.99 Å². The van der Waals surface area contributed by atoms with Crippen LogP contribution in [0.25, 0.3) is 0 Å². The number of aliphatic imine (C=N–C) groups is 1. The molecular formula is C16H32N4O2. The van der Waals surface area contributed by atoms with Gasteiger partial charge in [-0.3, -0.25) is 4.99 Å². The molecule has 0 spiro atoms. The summed E-state index contributed by atoms with van der Waals surface area (Å²) in [6, 6.07) is 0. The van der Waals surface area contributed by atoms with Gasteiger partial charge in [0.1, 0.15) is 0 Å². The van der Waals surface area contributed by atoms with Gasteiger partial charge in [0.2, 0.25) is 0 Å². The lowest BCUT2D eigenvalue weighted by atomic mass is 10.1. The standard InChI is InChI=1S/C16H32N4O2/c1-3-20-8-5-14(12-20)11-19-16(17-2)18-7-4-9-22-15-6-10-21-13-15/h14-15H,3-13H2,1-2H3,(H2,17,18,19). The van der Waals surface area contributed by atoms with E-state index in [1.54, 1.807) is 0 Å². The zero-order valence-corrected chi connectivity index (χ0v) is 14.1. The lowest BCUT2D eigenvalue weighted by Crippen LogP contribution is -2.40. The number of hydrogen-bond donors (Lipinski definition) is 2. The minimum absolute atomic E-state index is 0.307. The summed E-state index contributed by atoms with van der Waals surface area (Å²) in [6.07, 6.45) is 3.62. The van der Waals surface area contributed by atoms with Crippen LogP contribution in [0.5, 0.6) is 0 Å². The number of rotatable bonds is 8. The molecule has 0 aromatic carbocycles. The molecule has 0 aromatic heterocycles. The summed E-state index contributed by atoms with van der Waals surface area (Å²) < 4.78 is 11.0. The fourth-order valence-corrected chi connectivity index (χ4v) is 3.00. The first kappa shape index (κ1) is 17.5. The average Bonchev–Trinajstić information content (AvgIpc) is 3.21. The number of likely N-dealkylation sites (tertiary alicyclic amines) is 1. The highest BCUT2D eigenvalue weighted by atomic mass is 16.5. The van der Waals surface area contributed by atoms with E-state index in [-0.39, 0.29) is 0 Å². The Labute approximate surface area is 134 Å². The van der Waals surface area contributed by atoms with E-state index in [4.69, 9.17) is 9.47 Å². The van der Waals surface area contributed by atoms with Gasteiger partial charge in [0, 0.05) is 39.9 Å². The van der Waals surface area contributed by atoms with Gasteiger partial charge in [-0.05, 0) is 38.3 Å². The quantitative estimate of drug-likeness (QED) is 0.392. The van der Waals surface area contributed by atoms with Crippen LogP contribution in [0.4, 0.5) is 0 Å². The maximum Gasteiger partial charge on any atom is 0.190 e. The van der Waals surface area contributed by atoms with Crippen LogP contribution in [0.1, 0.15) is 26.2 Å². The highest BCUT2D eigenvalue weighted by molar-refractivity contribution is 5.79. The van der Waals surface area contributed by atoms with Gasteiger partial charge in [-0.2, -0.15) is 0 Å². The van der Waals surface area contributed by atoms with Crippen LogP contribution in [-0.4, -0.2) is 76.6 Å². The summed E-state index contributed by atoms with van der Waals surface area (Å²) in [6.45, 7) is 10.1. The van der Waals surface area contributed by atoms with E-state index in [1.807, 2.05) is 7.05 Å². The fourth-order valence-electron chi connectivity index (χ4n) is 3.00. The molecular weight excluding hydrogens is 280 g/mol. The Morgan fingerprint density at radius 2 is 2.27 bits per heavy atom. The van der Waals surface area contributed by atoms with Crippen molar-refractivity contribution >= 4 is 5.96 Å². The Balaban J connectivity index is 1.50. The van der Waals surface area contributed by atoms with Crippen molar-refractivity contribution in [3.63, 3.8) is 0 Å². The second kappa shape index (κ2) is 10.0. The van der Waals surface area contributed by atoms with Crippen molar-refractivity contribution in [3.05, 3.63) is 0 Å². The second-order valence-corrected chi connectivity index (χ2v) is 6.14. The Kier molecular flexibility index (Phi) is 7.98. The molecule has 2 unspecified atom stereocenters. The highest BCUT2D eigenvalue weighted by Gasteiger charge is 2.21. The number of guanidine groups is 1. The first-order valence-corrected chi connectivity index (χ1v) is 8.68. The number of nitrogens with one attached hydrogen (secondary N) is 2. The molecule has 128 valence electrons. The molecule has 0 radical (unpaired) electrons. The largest absolute Gasteiger partial charge is 0.379 e. The van der Waals surface area contributed by atoms with Crippen molar-refractivity contribution in [2.75, 3.05) is 59.6 Å². The molecule has 2 N–H and O–H groups in total. The lowest BCUT2D eigenvalue weighted by Gasteiger charge is -2.16. The van der Waals surface area contributed by atoms with Crippen molar-refractivity contribution in [2.24, 2.45) is 10.9 Å². The average molecular weight is 312 g/mol. The third kappa shape index (κ3) is 6.10. The van der Waals surface area contributed by atoms with Crippen molar-refractivity contribution < 1.29 is 9.47 Å². The Bertz CT molecular complexity index is 332. The number of nitrogens with zero attached hydrogens (tertiary/aromatic N) is 2. The summed E-state index contributed by atoms with van der Waals surface area (Å²) in [4.78, 5) is 6.79. The zero-order valence-electron chi connectivity index (χ0n) is 14.1. The molecule has 0 aliphatic carbocycles. The Hall–Kier alpha value is -0.850. The van der Waals surface area contributed by atoms with Gasteiger partial charge in [-0.25, -0.2) is 0 Å². The molecule has 2 saturated heterocycles. The smallest absolute Gasteiger partial charge is 0.190 e. The van der Waals surface area contributed by atoms with Crippen molar-refractivity contribution in [1.29, 1.82) is 0 Å². The molecule has 22 heavy (non-hydrogen) atoms. The minimum atomic E-state index is 0.307. The van der Waals surface area contributed by atoms with E-state index in [9.17, 15) is 0 Å². The number of ether oxygens (including phenoxy) is 2. The summed E-state index contributed by atoms with van der Waals surface area (Å²) in [7, 11) is 1.83. The van der Waals surface area contributed by atoms with Gasteiger partial charge >= 0.3 is 0 Å². The van der Waals surface area contributed by atoms with Gasteiger partial charge in [-0.15, -0.1) is 0 Å². The van der Waals surface area contributed by atoms with Crippen LogP contribution >= 0.6 is 0 Å². The first-order valence-electron chi connectivity index (χ1n) is 8.68. The van der Waals surface area contributed by atoms with E-state index in [2.05, 4.69) is 27.4 Å². The molecule has 0 bridgehead atoms. The van der Waals surface area contributed by atoms with E-state index in [0.717, 1.165) is 64.2 Å². The van der Waals surface area contributed by atoms with Gasteiger partial charge in [0.05, 0.1) is 12.7 Å². The summed E-state index contributed by atoms with van der Waals surface area (Å²) >= 11 is 0. The van der Waals surface area contributed by atoms with E-state index < -0.39 is 0 Å². The molecule has 6 heteroatoms. The summed E-state index contributed by atoms with van der Waals surface area (Å²) in [5, 5.41) is 6.80. The molecule has 2 rings (SSSR count). The number of hydrogen-bond acceptors (Lipinski definition) is 4. The SMILES string of the molecule is CCN1CCC(CNC(=NC)NCCCOC2CCOC2)C1. The molecule has 6 nitrogen and oxygen atoms in total. The molecule has 2 aliphatic heterocycles. The predicted molar refractivity (Wildman–Crippen MR) is 89.4 cm³/mol. The fraction of sp³-hybridized carbons (Fsp3) is 0.938. The van der Waals surface area contributed by atoms with Gasteiger partial charge < -0.3 is 25.0 Å². The normalized spacial score (nSPS) is 26.5. The third-order valence-electron chi connectivity index (χ3n) is 4.45. The molecule has 0 saturated carbocycles. The van der Waals surface area contributed by atoms with Gasteiger partial charge in [0.15, 0.2) is 5.96 Å². The van der Waals surface area contributed by atoms with Gasteiger partial charge in [-0.1, -0.05) is 6.92 Å². The topological polar surface area (TPSA) is 58.1 Å². The second-order valence-electron chi connectivity index (χ2n) is 6.14. The zero-order chi connectivity index (χ0) is 15.6. The van der Waals surface area contributed by atoms with Crippen molar-refractivity contribution in [1.82, 2.24) is 15.5 Å². The van der Waals surface area contributed by atoms with Crippen LogP contribution < -0.4 is 10.6 Å². The Morgan fingerprint density at radius 1 is 1.36 bits per heavy atom.